The molecular weight excluding hydrogens is 629 g/mol. The highest BCUT2D eigenvalue weighted by Gasteiger charge is 2.64. The van der Waals surface area contributed by atoms with Crippen LogP contribution in [0.3, 0.4) is 0 Å². The van der Waals surface area contributed by atoms with Gasteiger partial charge in [0.2, 0.25) is 13.3 Å². The number of likely N-dealkylation sites (N-methyl/N-ethyl adjacent to an activating group) is 1. The minimum Gasteiger partial charge on any atom is -0.495 e. The summed E-state index contributed by atoms with van der Waals surface area (Å²) in [6, 6.07) is 3.07. The molecule has 0 aliphatic carbocycles. The quantitative estimate of drug-likeness (QED) is 0.262. The van der Waals surface area contributed by atoms with Crippen molar-refractivity contribution in [3.05, 3.63) is 46.5 Å². The number of epoxide rings is 1. The van der Waals surface area contributed by atoms with E-state index in [9.17, 15) is 19.5 Å². The van der Waals surface area contributed by atoms with Gasteiger partial charge in [-0.05, 0) is 51.9 Å². The van der Waals surface area contributed by atoms with E-state index >= 15 is 0 Å². The second-order valence-corrected chi connectivity index (χ2v) is 13.4. The Hall–Kier alpha value is -3.10. The molecule has 4 bridgehead atoms. The van der Waals surface area contributed by atoms with Gasteiger partial charge in [0, 0.05) is 26.5 Å². The number of alkyl carbamates (subject to hydrolysis) is 1. The largest absolute Gasteiger partial charge is 0.495 e. The third-order valence-electron chi connectivity index (χ3n) is 9.71. The minimum absolute atomic E-state index is 0.00400. The number of hydrogen-bond donors (Lipinski definition) is 2. The van der Waals surface area contributed by atoms with Crippen molar-refractivity contribution in [3.63, 3.8) is 0 Å². The summed E-state index contributed by atoms with van der Waals surface area (Å²) in [5, 5.41) is 14.5. The Balaban J connectivity index is 1.79. The van der Waals surface area contributed by atoms with Crippen molar-refractivity contribution in [2.24, 2.45) is 5.92 Å². The third kappa shape index (κ3) is 7.81. The van der Waals surface area contributed by atoms with Crippen LogP contribution < -0.4 is 15.0 Å². The van der Waals surface area contributed by atoms with Crippen molar-refractivity contribution in [3.8, 4) is 5.75 Å². The first-order valence-electron chi connectivity index (χ1n) is 15.9. The molecule has 1 aromatic carbocycles. The summed E-state index contributed by atoms with van der Waals surface area (Å²) in [7, 11) is 7.00. The fraction of sp³-hybridized carbons (Fsp3) is 0.606. The number of benzene rings is 1. The van der Waals surface area contributed by atoms with Gasteiger partial charge in [-0.15, -0.1) is 0 Å². The number of nitrogens with one attached hydrogen (secondary N) is 1. The number of amides is 2. The maximum atomic E-state index is 14.0. The van der Waals surface area contributed by atoms with Gasteiger partial charge in [0.05, 0.1) is 31.4 Å². The number of anilines is 1. The number of nitrogens with zero attached hydrogens (tertiary/aromatic N) is 2. The fourth-order valence-corrected chi connectivity index (χ4v) is 6.61. The maximum absolute atomic E-state index is 14.0. The lowest BCUT2D eigenvalue weighted by atomic mass is 9.83. The molecule has 0 unspecified atom stereocenters. The van der Waals surface area contributed by atoms with Crippen LogP contribution in [0.5, 0.6) is 5.75 Å². The number of halogens is 1. The van der Waals surface area contributed by atoms with Gasteiger partial charge in [0.15, 0.2) is 5.72 Å². The van der Waals surface area contributed by atoms with Crippen molar-refractivity contribution < 1.29 is 43.2 Å². The van der Waals surface area contributed by atoms with Crippen LogP contribution in [0, 0.1) is 5.92 Å². The van der Waals surface area contributed by atoms with Crippen molar-refractivity contribution in [2.75, 3.05) is 33.2 Å². The van der Waals surface area contributed by atoms with E-state index in [2.05, 4.69) is 5.32 Å². The zero-order valence-electron chi connectivity index (χ0n) is 28.7. The van der Waals surface area contributed by atoms with Crippen LogP contribution in [-0.4, -0.2) is 105 Å². The summed E-state index contributed by atoms with van der Waals surface area (Å²) in [4.78, 5) is 43.4. The van der Waals surface area contributed by atoms with Crippen molar-refractivity contribution in [1.29, 1.82) is 0 Å². The van der Waals surface area contributed by atoms with Crippen LogP contribution in [0.2, 0.25) is 11.8 Å². The van der Waals surface area contributed by atoms with Gasteiger partial charge < -0.3 is 38.5 Å². The summed E-state index contributed by atoms with van der Waals surface area (Å²) in [5.41, 5.74) is -0.640. The molecule has 2 fully saturated rings. The van der Waals surface area contributed by atoms with Gasteiger partial charge in [0.25, 0.3) is 0 Å². The average Bonchev–Trinajstić information content (AvgIpc) is 3.73. The van der Waals surface area contributed by atoms with Gasteiger partial charge in [-0.25, -0.2) is 4.79 Å². The molecule has 3 aliphatic rings. The van der Waals surface area contributed by atoms with Crippen LogP contribution in [0.25, 0.3) is 0 Å². The third-order valence-corrected chi connectivity index (χ3v) is 10.1. The van der Waals surface area contributed by atoms with Crippen LogP contribution in [0.1, 0.15) is 46.1 Å². The number of allylic oxidation sites excluding steroid dienone is 3. The van der Waals surface area contributed by atoms with Gasteiger partial charge in [-0.1, -0.05) is 49.1 Å². The highest BCUT2D eigenvalue weighted by molar-refractivity contribution is 6.35. The van der Waals surface area contributed by atoms with Gasteiger partial charge >= 0.3 is 12.1 Å². The van der Waals surface area contributed by atoms with Gasteiger partial charge in [0.1, 0.15) is 34.7 Å². The smallest absolute Gasteiger partial charge is 0.409 e. The Morgan fingerprint density at radius 2 is 2.00 bits per heavy atom. The number of methoxy groups -OCH3 is 2. The fourth-order valence-electron chi connectivity index (χ4n) is 6.30. The van der Waals surface area contributed by atoms with E-state index in [4.69, 9.17) is 35.3 Å². The molecule has 0 aromatic heterocycles. The predicted octanol–water partition coefficient (Wildman–Crippen LogP) is 3.39. The topological polar surface area (TPSA) is 139 Å². The van der Waals surface area contributed by atoms with E-state index in [0.29, 0.717) is 25.3 Å². The Kier molecular flexibility index (Phi) is 11.4. The number of ether oxygens (including phenoxy) is 5. The van der Waals surface area contributed by atoms with E-state index in [1.165, 1.54) is 19.1 Å². The summed E-state index contributed by atoms with van der Waals surface area (Å²) in [5.74, 6) is -0.910. The van der Waals surface area contributed by atoms with E-state index < -0.39 is 59.8 Å². The molecule has 258 valence electrons. The molecular formula is C33H47BClN3O9. The molecule has 8 atom stereocenters. The molecule has 0 radical (unpaired) electrons. The molecule has 2 amide bonds. The molecule has 2 saturated heterocycles. The molecule has 2 N–H and O–H groups in total. The zero-order chi connectivity index (χ0) is 34.8. The lowest BCUT2D eigenvalue weighted by Crippen LogP contribution is -2.63. The predicted molar refractivity (Wildman–Crippen MR) is 179 cm³/mol. The maximum Gasteiger partial charge on any atom is 0.409 e. The number of carbonyl (C=O) groups excluding carboxylic acids is 3. The number of esters is 1. The average molecular weight is 676 g/mol. The normalized spacial score (nSPS) is 33.8. The molecule has 14 heteroatoms. The zero-order valence-corrected chi connectivity index (χ0v) is 29.4. The second kappa shape index (κ2) is 14.6. The number of rotatable bonds is 6. The van der Waals surface area contributed by atoms with E-state index in [1.54, 1.807) is 33.0 Å². The van der Waals surface area contributed by atoms with E-state index in [1.807, 2.05) is 50.7 Å². The monoisotopic (exact) mass is 675 g/mol. The van der Waals surface area contributed by atoms with E-state index in [-0.39, 0.29) is 23.8 Å². The van der Waals surface area contributed by atoms with Crippen LogP contribution >= 0.6 is 11.6 Å². The summed E-state index contributed by atoms with van der Waals surface area (Å²) >= 11 is 6.73. The Morgan fingerprint density at radius 3 is 2.64 bits per heavy atom. The Bertz CT molecular complexity index is 1430. The first-order chi connectivity index (χ1) is 22.1. The molecule has 3 aliphatic heterocycles. The van der Waals surface area contributed by atoms with Crippen molar-refractivity contribution in [1.82, 2.24) is 10.1 Å². The minimum atomic E-state index is -1.78. The van der Waals surface area contributed by atoms with Crippen LogP contribution in [0.15, 0.2) is 35.9 Å². The molecule has 4 rings (SSSR count). The van der Waals surface area contributed by atoms with Crippen LogP contribution in [-0.2, 0) is 35.0 Å². The standard InChI is InChI=1S/C33H47BClN3O9/c1-18-11-10-12-25(44-9)33(42)17-24(45-31(41)36-33)19(2)29-32(4,47-29)26(46-30(40)20(3)38(7)34-5)16-27(39)37(6)22-14-21(13-18)15-23(43-8)28(22)35/h10-12,14-15,19-20,24-26,29,34,42H,13,16-17H2,1-9H3,(H,36,41)/b12-10+,18-11+/t19-,20+,24+,25-,26+,29+,32+,33+/m1/s1. The van der Waals surface area contributed by atoms with Gasteiger partial charge in [-0.2, -0.15) is 0 Å². The highest BCUT2D eigenvalue weighted by Crippen LogP contribution is 2.49. The highest BCUT2D eigenvalue weighted by atomic mass is 35.5. The summed E-state index contributed by atoms with van der Waals surface area (Å²) < 4.78 is 29.1. The summed E-state index contributed by atoms with van der Waals surface area (Å²) in [6.07, 6.45) is 1.54. The SMILES string of the molecule is CBN(C)[C@@H](C)C(=O)O[C@H]1CC(=O)N(C)c2cc(cc(OC)c2Cl)C/C(C)=C/C=C/[C@@H](OC)[C@@]2(O)C[C@H](OC(=O)N2)[C@@H](C)[C@@H]2O[C@@]12C. The Labute approximate surface area is 282 Å². The van der Waals surface area contributed by atoms with Crippen LogP contribution in [0.4, 0.5) is 10.5 Å². The molecule has 1 aromatic rings. The summed E-state index contributed by atoms with van der Waals surface area (Å²) in [6.45, 7) is 9.22. The lowest BCUT2D eigenvalue weighted by Gasteiger charge is -2.42. The lowest BCUT2D eigenvalue weighted by molar-refractivity contribution is -0.157. The number of aliphatic hydroxyl groups is 1. The number of fused-ring (bicyclic) bond motifs is 5. The van der Waals surface area contributed by atoms with Crippen molar-refractivity contribution in [2.45, 2.75) is 95.6 Å². The van der Waals surface area contributed by atoms with Crippen molar-refractivity contribution >= 4 is 42.7 Å². The first-order valence-corrected chi connectivity index (χ1v) is 16.3. The first kappa shape index (κ1) is 36.7. The second-order valence-electron chi connectivity index (χ2n) is 13.0. The Morgan fingerprint density at radius 1 is 1.30 bits per heavy atom. The molecule has 3 heterocycles. The number of hydrogen-bond acceptors (Lipinski definition) is 10. The molecule has 47 heavy (non-hydrogen) atoms. The molecule has 12 nitrogen and oxygen atoms in total. The van der Waals surface area contributed by atoms with Gasteiger partial charge in [-0.3, -0.25) is 14.9 Å². The van der Waals surface area contributed by atoms with E-state index in [0.717, 1.165) is 11.1 Å². The molecule has 0 spiro atoms. The number of carbonyl (C=O) groups is 3. The molecule has 0 saturated carbocycles.